The fraction of sp³-hybridized carbons (Fsp3) is 0.633. The van der Waals surface area contributed by atoms with Crippen molar-refractivity contribution in [1.82, 2.24) is 20.2 Å². The van der Waals surface area contributed by atoms with Crippen molar-refractivity contribution in [3.63, 3.8) is 0 Å². The van der Waals surface area contributed by atoms with Gasteiger partial charge in [-0.3, -0.25) is 4.90 Å². The van der Waals surface area contributed by atoms with Gasteiger partial charge in [-0.15, -0.1) is 0 Å². The number of nitrogens with one attached hydrogen (secondary N) is 1. The van der Waals surface area contributed by atoms with Gasteiger partial charge in [0.05, 0.1) is 29.0 Å². The zero-order valence-electron chi connectivity index (χ0n) is 23.0. The van der Waals surface area contributed by atoms with Gasteiger partial charge in [-0.25, -0.2) is 4.39 Å². The van der Waals surface area contributed by atoms with Crippen molar-refractivity contribution in [2.75, 3.05) is 37.7 Å². The number of nitriles is 1. The van der Waals surface area contributed by atoms with Crippen LogP contribution in [-0.2, 0) is 29.8 Å². The molecule has 1 aromatic heterocycles. The Kier molecular flexibility index (Phi) is 6.37. The number of alkyl halides is 1. The van der Waals surface area contributed by atoms with Crippen molar-refractivity contribution in [1.29, 1.82) is 5.26 Å². The van der Waals surface area contributed by atoms with E-state index in [1.165, 1.54) is 0 Å². The monoisotopic (exact) mass is 566 g/mol. The Bertz CT molecular complexity index is 1370. The van der Waals surface area contributed by atoms with Crippen molar-refractivity contribution in [2.24, 2.45) is 0 Å². The molecule has 212 valence electrons. The van der Waals surface area contributed by atoms with E-state index < -0.39 is 11.8 Å². The van der Waals surface area contributed by atoms with Crippen LogP contribution in [0.25, 0.3) is 0 Å². The maximum absolute atomic E-state index is 14.4. The van der Waals surface area contributed by atoms with Crippen LogP contribution in [-0.4, -0.2) is 64.9 Å². The molecular weight excluding hydrogens is 531 g/mol. The van der Waals surface area contributed by atoms with Crippen LogP contribution in [0.2, 0.25) is 5.02 Å². The summed E-state index contributed by atoms with van der Waals surface area (Å²) in [7, 11) is 0. The lowest BCUT2D eigenvalue weighted by Crippen LogP contribution is -2.54. The highest BCUT2D eigenvalue weighted by Gasteiger charge is 2.50. The van der Waals surface area contributed by atoms with Crippen molar-refractivity contribution in [3.8, 4) is 12.2 Å². The summed E-state index contributed by atoms with van der Waals surface area (Å²) >= 11 is 6.57. The first-order valence-corrected chi connectivity index (χ1v) is 14.9. The molecule has 1 aromatic carbocycles. The lowest BCUT2D eigenvalue weighted by Gasteiger charge is -2.42. The van der Waals surface area contributed by atoms with Gasteiger partial charge < -0.3 is 19.7 Å². The summed E-state index contributed by atoms with van der Waals surface area (Å²) < 4.78 is 27.5. The highest BCUT2D eigenvalue weighted by molar-refractivity contribution is 6.31. The number of nitrogens with zero attached hydrogens (tertiary/aromatic N) is 5. The molecule has 3 fully saturated rings. The quantitative estimate of drug-likeness (QED) is 0.420. The molecule has 3 saturated heterocycles. The molecule has 0 saturated carbocycles. The zero-order valence-corrected chi connectivity index (χ0v) is 23.8. The van der Waals surface area contributed by atoms with E-state index in [2.05, 4.69) is 34.3 Å². The van der Waals surface area contributed by atoms with Gasteiger partial charge in [-0.1, -0.05) is 23.7 Å². The van der Waals surface area contributed by atoms with E-state index in [0.717, 1.165) is 84.8 Å². The average Bonchev–Trinajstić information content (AvgIpc) is 3.58. The van der Waals surface area contributed by atoms with Gasteiger partial charge in [0.25, 0.3) is 0 Å². The maximum Gasteiger partial charge on any atom is 0.318 e. The fourth-order valence-corrected chi connectivity index (χ4v) is 8.26. The van der Waals surface area contributed by atoms with Crippen molar-refractivity contribution < 1.29 is 13.9 Å². The van der Waals surface area contributed by atoms with Crippen LogP contribution in [0, 0.1) is 11.5 Å². The Labute approximate surface area is 239 Å². The molecule has 1 unspecified atom stereocenters. The third kappa shape index (κ3) is 4.31. The minimum absolute atomic E-state index is 0.273. The highest BCUT2D eigenvalue weighted by atomic mass is 35.5. The third-order valence-electron chi connectivity index (χ3n) is 9.97. The molecule has 5 heterocycles. The number of anilines is 1. The van der Waals surface area contributed by atoms with Crippen LogP contribution >= 0.6 is 11.6 Å². The van der Waals surface area contributed by atoms with E-state index in [0.29, 0.717) is 45.2 Å². The Balaban J connectivity index is 1.24. The summed E-state index contributed by atoms with van der Waals surface area (Å²) in [6.45, 7) is 5.75. The smallest absolute Gasteiger partial charge is 0.318 e. The first-order valence-electron chi connectivity index (χ1n) is 14.6. The molecule has 4 atom stereocenters. The number of ether oxygens (including phenoxy) is 2. The van der Waals surface area contributed by atoms with E-state index in [9.17, 15) is 9.65 Å². The number of hydrogen-bond donors (Lipinski definition) is 1. The van der Waals surface area contributed by atoms with Crippen molar-refractivity contribution >= 4 is 17.4 Å². The molecule has 0 radical (unpaired) electrons. The fourth-order valence-electron chi connectivity index (χ4n) is 7.99. The van der Waals surface area contributed by atoms with Gasteiger partial charge in [0, 0.05) is 43.1 Å². The van der Waals surface area contributed by atoms with E-state index in [1.54, 1.807) is 0 Å². The minimum atomic E-state index is -0.811. The number of hydrogen-bond acceptors (Lipinski definition) is 8. The van der Waals surface area contributed by atoms with Gasteiger partial charge in [-0.05, 0) is 69.2 Å². The molecule has 2 aromatic rings. The van der Waals surface area contributed by atoms with Gasteiger partial charge in [0.1, 0.15) is 18.6 Å². The molecule has 8 nitrogen and oxygen atoms in total. The second-order valence-corrected chi connectivity index (χ2v) is 13.1. The van der Waals surface area contributed by atoms with Crippen LogP contribution in [0.1, 0.15) is 67.8 Å². The highest BCUT2D eigenvalue weighted by Crippen LogP contribution is 2.49. The van der Waals surface area contributed by atoms with Crippen LogP contribution in [0.15, 0.2) is 18.2 Å². The number of piperidine rings is 1. The standard InChI is InChI=1S/C30H36ClFN6O2/c1-28(34-19-33)8-3-11-37(17-28)26-22-16-40-30(10-7-21-23(30)5-2-6-24(21)31)14-25(22)35-27(36-26)39-18-29-9-4-12-38(29)15-20(32)13-29/h2,5-6,20,34H,3-4,7-18H2,1H3/t20-,28-,29+,30?/m1/s1. The molecule has 40 heavy (non-hydrogen) atoms. The SMILES string of the molecule is C[C@@]1(NC#N)CCCN(c2nc(OC[C@@]34CCCN3C[C@H](F)C4)nc3c2COC2(CCc4c(Cl)cccc42)C3)C1. The molecule has 0 bridgehead atoms. The van der Waals surface area contributed by atoms with Crippen molar-refractivity contribution in [3.05, 3.63) is 45.6 Å². The van der Waals surface area contributed by atoms with Crippen LogP contribution in [0.4, 0.5) is 10.2 Å². The molecule has 7 rings (SSSR count). The second-order valence-electron chi connectivity index (χ2n) is 12.7. The Morgan fingerprint density at radius 2 is 2.10 bits per heavy atom. The van der Waals surface area contributed by atoms with Crippen molar-refractivity contribution in [2.45, 2.75) is 87.7 Å². The Morgan fingerprint density at radius 1 is 1.23 bits per heavy atom. The molecule has 10 heteroatoms. The maximum atomic E-state index is 14.4. The van der Waals surface area contributed by atoms with Gasteiger partial charge in [0.15, 0.2) is 6.19 Å². The predicted octanol–water partition coefficient (Wildman–Crippen LogP) is 4.43. The van der Waals surface area contributed by atoms with E-state index in [-0.39, 0.29) is 11.1 Å². The molecule has 1 aliphatic carbocycles. The lowest BCUT2D eigenvalue weighted by atomic mass is 9.86. The van der Waals surface area contributed by atoms with Gasteiger partial charge >= 0.3 is 6.01 Å². The predicted molar refractivity (Wildman–Crippen MR) is 149 cm³/mol. The zero-order chi connectivity index (χ0) is 27.5. The molecule has 1 N–H and O–H groups in total. The van der Waals surface area contributed by atoms with Crippen LogP contribution in [0.3, 0.4) is 0 Å². The van der Waals surface area contributed by atoms with E-state index in [1.807, 2.05) is 12.1 Å². The average molecular weight is 567 g/mol. The normalized spacial score (nSPS) is 33.0. The largest absolute Gasteiger partial charge is 0.461 e. The summed E-state index contributed by atoms with van der Waals surface area (Å²) in [6, 6.07) is 6.42. The van der Waals surface area contributed by atoms with E-state index in [4.69, 9.17) is 31.0 Å². The van der Waals surface area contributed by atoms with Crippen LogP contribution < -0.4 is 15.0 Å². The van der Waals surface area contributed by atoms with Gasteiger partial charge in [-0.2, -0.15) is 15.2 Å². The minimum Gasteiger partial charge on any atom is -0.461 e. The first-order chi connectivity index (χ1) is 19.3. The number of aromatic nitrogens is 2. The lowest BCUT2D eigenvalue weighted by molar-refractivity contribution is -0.0730. The molecular formula is C30H36ClFN6O2. The molecule has 1 spiro atoms. The van der Waals surface area contributed by atoms with Crippen LogP contribution in [0.5, 0.6) is 6.01 Å². The number of benzene rings is 1. The molecule has 5 aliphatic rings. The second kappa shape index (κ2) is 9.71. The van der Waals surface area contributed by atoms with Gasteiger partial charge in [0.2, 0.25) is 0 Å². The number of fused-ring (bicyclic) bond motifs is 4. The number of halogens is 2. The number of rotatable bonds is 5. The summed E-state index contributed by atoms with van der Waals surface area (Å²) in [6.07, 6.45) is 8.02. The van der Waals surface area contributed by atoms with E-state index >= 15 is 0 Å². The Morgan fingerprint density at radius 3 is 2.98 bits per heavy atom. The first kappa shape index (κ1) is 26.2. The summed E-state index contributed by atoms with van der Waals surface area (Å²) in [5.41, 5.74) is 3.16. The Hall–Kier alpha value is -2.67. The summed E-state index contributed by atoms with van der Waals surface area (Å²) in [4.78, 5) is 14.5. The topological polar surface area (TPSA) is 86.5 Å². The molecule has 4 aliphatic heterocycles. The summed E-state index contributed by atoms with van der Waals surface area (Å²) in [5, 5.41) is 13.2. The third-order valence-corrected chi connectivity index (χ3v) is 10.3. The molecule has 0 amide bonds. The summed E-state index contributed by atoms with van der Waals surface area (Å²) in [5.74, 6) is 0.820.